The zero-order valence-corrected chi connectivity index (χ0v) is 13.0. The van der Waals surface area contributed by atoms with Crippen molar-refractivity contribution < 1.29 is 21.2 Å². The molecule has 0 bridgehead atoms. The predicted octanol–water partition coefficient (Wildman–Crippen LogP) is -0.326. The number of nitrogen functional groups attached to an aromatic ring is 1. The Morgan fingerprint density at radius 1 is 1.05 bits per heavy atom. The molecule has 0 amide bonds. The van der Waals surface area contributed by atoms with E-state index in [9.17, 15) is 21.2 Å². The van der Waals surface area contributed by atoms with E-state index in [4.69, 9.17) is 5.73 Å². The van der Waals surface area contributed by atoms with Crippen LogP contribution in [0.4, 0.5) is 10.1 Å². The van der Waals surface area contributed by atoms with Crippen molar-refractivity contribution >= 4 is 25.7 Å². The van der Waals surface area contributed by atoms with Crippen LogP contribution in [-0.4, -0.2) is 57.9 Å². The molecule has 1 aromatic carbocycles. The maximum atomic E-state index is 13.2. The number of nitrogens with two attached hydrogens (primary N) is 1. The average molecular weight is 337 g/mol. The molecule has 0 saturated carbocycles. The van der Waals surface area contributed by atoms with E-state index in [1.807, 2.05) is 0 Å². The Balaban J connectivity index is 2.25. The summed E-state index contributed by atoms with van der Waals surface area (Å²) in [6, 6.07) is 3.14. The van der Waals surface area contributed by atoms with Gasteiger partial charge in [0.05, 0.1) is 11.9 Å². The Labute approximate surface area is 123 Å². The molecule has 2 rings (SSSR count). The van der Waals surface area contributed by atoms with Crippen molar-refractivity contribution in [2.45, 2.75) is 4.90 Å². The molecule has 0 aliphatic carbocycles. The molecule has 0 spiro atoms. The average Bonchev–Trinajstić information content (AvgIpc) is 2.40. The summed E-state index contributed by atoms with van der Waals surface area (Å²) in [7, 11) is -7.28. The van der Waals surface area contributed by atoms with Crippen LogP contribution in [0.1, 0.15) is 0 Å². The van der Waals surface area contributed by atoms with Crippen LogP contribution in [0.15, 0.2) is 23.1 Å². The predicted molar refractivity (Wildman–Crippen MR) is 76.0 cm³/mol. The highest BCUT2D eigenvalue weighted by atomic mass is 32.2. The number of piperazine rings is 1. The molecule has 10 heteroatoms. The van der Waals surface area contributed by atoms with E-state index in [1.54, 1.807) is 0 Å². The first-order valence-corrected chi connectivity index (χ1v) is 9.41. The minimum absolute atomic E-state index is 0.00531. The molecule has 1 heterocycles. The fraction of sp³-hybridized carbons (Fsp3) is 0.455. The van der Waals surface area contributed by atoms with Gasteiger partial charge in [0, 0.05) is 26.2 Å². The summed E-state index contributed by atoms with van der Waals surface area (Å²) in [5.74, 6) is -0.697. The molecule has 118 valence electrons. The van der Waals surface area contributed by atoms with Gasteiger partial charge in [-0.05, 0) is 18.2 Å². The van der Waals surface area contributed by atoms with Gasteiger partial charge >= 0.3 is 0 Å². The van der Waals surface area contributed by atoms with Crippen LogP contribution in [0, 0.1) is 5.82 Å². The molecule has 0 radical (unpaired) electrons. The van der Waals surface area contributed by atoms with Gasteiger partial charge in [0.2, 0.25) is 20.0 Å². The van der Waals surface area contributed by atoms with Crippen molar-refractivity contribution in [2.24, 2.45) is 0 Å². The van der Waals surface area contributed by atoms with Gasteiger partial charge in [-0.2, -0.15) is 8.61 Å². The lowest BCUT2D eigenvalue weighted by atomic mass is 10.3. The third kappa shape index (κ3) is 3.34. The molecular weight excluding hydrogens is 321 g/mol. The highest BCUT2D eigenvalue weighted by Crippen LogP contribution is 2.24. The summed E-state index contributed by atoms with van der Waals surface area (Å²) in [5, 5.41) is 0. The lowest BCUT2D eigenvalue weighted by Crippen LogP contribution is -2.50. The van der Waals surface area contributed by atoms with Crippen LogP contribution in [0.2, 0.25) is 0 Å². The number of hydrogen-bond acceptors (Lipinski definition) is 5. The molecule has 21 heavy (non-hydrogen) atoms. The van der Waals surface area contributed by atoms with Crippen LogP contribution in [0.3, 0.4) is 0 Å². The van der Waals surface area contributed by atoms with Crippen molar-refractivity contribution in [1.29, 1.82) is 0 Å². The van der Waals surface area contributed by atoms with E-state index >= 15 is 0 Å². The monoisotopic (exact) mass is 337 g/mol. The first kappa shape index (κ1) is 16.1. The lowest BCUT2D eigenvalue weighted by molar-refractivity contribution is 0.274. The largest absolute Gasteiger partial charge is 0.398 e. The maximum Gasteiger partial charge on any atom is 0.245 e. The van der Waals surface area contributed by atoms with Gasteiger partial charge in [-0.25, -0.2) is 21.2 Å². The summed E-state index contributed by atoms with van der Waals surface area (Å²) in [5.41, 5.74) is 5.56. The van der Waals surface area contributed by atoms with E-state index in [2.05, 4.69) is 0 Å². The minimum atomic E-state index is -3.94. The summed E-state index contributed by atoms with van der Waals surface area (Å²) >= 11 is 0. The highest BCUT2D eigenvalue weighted by Gasteiger charge is 2.32. The Hall–Kier alpha value is -1.23. The van der Waals surface area contributed by atoms with Crippen molar-refractivity contribution in [3.8, 4) is 0 Å². The second kappa shape index (κ2) is 5.52. The number of sulfonamides is 2. The molecule has 7 nitrogen and oxygen atoms in total. The van der Waals surface area contributed by atoms with E-state index in [0.29, 0.717) is 0 Å². The maximum absolute atomic E-state index is 13.2. The highest BCUT2D eigenvalue weighted by molar-refractivity contribution is 7.89. The normalized spacial score (nSPS) is 18.8. The molecule has 0 aromatic heterocycles. The van der Waals surface area contributed by atoms with E-state index < -0.39 is 25.9 Å². The first-order chi connectivity index (χ1) is 9.62. The molecule has 2 N–H and O–H groups in total. The molecule has 1 saturated heterocycles. The van der Waals surface area contributed by atoms with Gasteiger partial charge < -0.3 is 5.73 Å². The summed E-state index contributed by atoms with van der Waals surface area (Å²) in [6.07, 6.45) is 1.07. The van der Waals surface area contributed by atoms with Crippen LogP contribution in [0.5, 0.6) is 0 Å². The zero-order valence-electron chi connectivity index (χ0n) is 11.4. The van der Waals surface area contributed by atoms with Crippen molar-refractivity contribution in [3.63, 3.8) is 0 Å². The quantitative estimate of drug-likeness (QED) is 0.762. The van der Waals surface area contributed by atoms with E-state index in [-0.39, 0.29) is 36.8 Å². The van der Waals surface area contributed by atoms with E-state index in [1.165, 1.54) is 10.4 Å². The Morgan fingerprint density at radius 2 is 1.57 bits per heavy atom. The second-order valence-corrected chi connectivity index (χ2v) is 8.64. The number of hydrogen-bond donors (Lipinski definition) is 1. The summed E-state index contributed by atoms with van der Waals surface area (Å²) < 4.78 is 63.2. The van der Waals surface area contributed by atoms with Gasteiger partial charge in [-0.1, -0.05) is 0 Å². The number of anilines is 1. The van der Waals surface area contributed by atoms with Crippen LogP contribution in [0.25, 0.3) is 0 Å². The number of nitrogens with zero attached hydrogens (tertiary/aromatic N) is 2. The molecular formula is C11H16FN3O4S2. The van der Waals surface area contributed by atoms with Gasteiger partial charge in [-0.3, -0.25) is 0 Å². The molecule has 0 unspecified atom stereocenters. The lowest BCUT2D eigenvalue weighted by Gasteiger charge is -2.32. The minimum Gasteiger partial charge on any atom is -0.398 e. The topological polar surface area (TPSA) is 101 Å². The van der Waals surface area contributed by atoms with Crippen molar-refractivity contribution in [2.75, 3.05) is 38.2 Å². The number of rotatable bonds is 3. The van der Waals surface area contributed by atoms with Gasteiger partial charge in [0.25, 0.3) is 0 Å². The molecule has 0 atom stereocenters. The second-order valence-electron chi connectivity index (χ2n) is 4.75. The van der Waals surface area contributed by atoms with Crippen molar-refractivity contribution in [1.82, 2.24) is 8.61 Å². The molecule has 1 fully saturated rings. The molecule has 1 aliphatic heterocycles. The molecule has 1 aromatic rings. The summed E-state index contributed by atoms with van der Waals surface area (Å²) in [6.45, 7) is 0.136. The van der Waals surface area contributed by atoms with E-state index in [0.717, 1.165) is 22.7 Å². The Kier molecular flexibility index (Phi) is 4.24. The standard InChI is InChI=1S/C11H16FN3O4S2/c1-20(16,17)14-4-6-15(7-5-14)21(18,19)11-8-9(12)2-3-10(11)13/h2-3,8H,4-7,13H2,1H3. The van der Waals surface area contributed by atoms with Gasteiger partial charge in [0.15, 0.2) is 0 Å². The smallest absolute Gasteiger partial charge is 0.245 e. The third-order valence-corrected chi connectivity index (χ3v) is 6.52. The zero-order chi connectivity index (χ0) is 15.8. The number of benzene rings is 1. The first-order valence-electron chi connectivity index (χ1n) is 6.12. The SMILES string of the molecule is CS(=O)(=O)N1CCN(S(=O)(=O)c2cc(F)ccc2N)CC1. The van der Waals surface area contributed by atoms with Crippen LogP contribution >= 0.6 is 0 Å². The van der Waals surface area contributed by atoms with Crippen LogP contribution < -0.4 is 5.73 Å². The Morgan fingerprint density at radius 3 is 2.10 bits per heavy atom. The van der Waals surface area contributed by atoms with Crippen LogP contribution in [-0.2, 0) is 20.0 Å². The fourth-order valence-corrected chi connectivity index (χ4v) is 4.49. The summed E-state index contributed by atoms with van der Waals surface area (Å²) in [4.78, 5) is -0.296. The van der Waals surface area contributed by atoms with Crippen molar-refractivity contribution in [3.05, 3.63) is 24.0 Å². The van der Waals surface area contributed by atoms with Gasteiger partial charge in [0.1, 0.15) is 10.7 Å². The van der Waals surface area contributed by atoms with Gasteiger partial charge in [-0.15, -0.1) is 0 Å². The Bertz CT molecular complexity index is 741. The molecule has 1 aliphatic rings. The third-order valence-electron chi connectivity index (χ3n) is 3.26. The number of halogens is 1. The fourth-order valence-electron chi connectivity index (χ4n) is 2.11.